The molecule has 0 bridgehead atoms. The fourth-order valence-electron chi connectivity index (χ4n) is 0.910. The van der Waals surface area contributed by atoms with Crippen LogP contribution in [0.3, 0.4) is 0 Å². The SMILES string of the molecule is CCSc1cn[nH]c(=O)c1SCC. The van der Waals surface area contributed by atoms with E-state index in [0.717, 1.165) is 21.3 Å². The topological polar surface area (TPSA) is 45.8 Å². The molecule has 0 radical (unpaired) electrons. The van der Waals surface area contributed by atoms with Crippen molar-refractivity contribution >= 4 is 23.5 Å². The molecule has 1 aromatic rings. The van der Waals surface area contributed by atoms with Crippen LogP contribution in [0.1, 0.15) is 13.8 Å². The maximum Gasteiger partial charge on any atom is 0.278 e. The largest absolute Gasteiger partial charge is 0.278 e. The van der Waals surface area contributed by atoms with Crippen LogP contribution in [0.4, 0.5) is 0 Å². The van der Waals surface area contributed by atoms with Gasteiger partial charge in [0, 0.05) is 4.90 Å². The Morgan fingerprint density at radius 2 is 2.08 bits per heavy atom. The summed E-state index contributed by atoms with van der Waals surface area (Å²) < 4.78 is 0. The molecule has 0 unspecified atom stereocenters. The highest BCUT2D eigenvalue weighted by Crippen LogP contribution is 2.26. The summed E-state index contributed by atoms with van der Waals surface area (Å²) in [6, 6.07) is 0. The smallest absolute Gasteiger partial charge is 0.267 e. The maximum absolute atomic E-state index is 11.4. The minimum absolute atomic E-state index is 0.0784. The predicted molar refractivity (Wildman–Crippen MR) is 57.7 cm³/mol. The molecule has 0 atom stereocenters. The summed E-state index contributed by atoms with van der Waals surface area (Å²) in [5, 5.41) is 6.22. The van der Waals surface area contributed by atoms with E-state index in [-0.39, 0.29) is 5.56 Å². The van der Waals surface area contributed by atoms with Crippen molar-refractivity contribution in [3.8, 4) is 0 Å². The van der Waals surface area contributed by atoms with Crippen LogP contribution >= 0.6 is 23.5 Å². The molecule has 13 heavy (non-hydrogen) atoms. The first-order valence-electron chi connectivity index (χ1n) is 4.12. The van der Waals surface area contributed by atoms with E-state index in [9.17, 15) is 4.79 Å². The second-order valence-electron chi connectivity index (χ2n) is 2.26. The number of thioether (sulfide) groups is 2. The van der Waals surface area contributed by atoms with Crippen LogP contribution in [0.2, 0.25) is 0 Å². The number of nitrogens with zero attached hydrogens (tertiary/aromatic N) is 1. The lowest BCUT2D eigenvalue weighted by atomic mass is 10.6. The van der Waals surface area contributed by atoms with Crippen molar-refractivity contribution in [1.29, 1.82) is 0 Å². The zero-order valence-corrected chi connectivity index (χ0v) is 9.30. The summed E-state index contributed by atoms with van der Waals surface area (Å²) in [7, 11) is 0. The molecule has 0 aliphatic heterocycles. The molecule has 0 saturated carbocycles. The second-order valence-corrected chi connectivity index (χ2v) is 4.84. The number of hydrogen-bond acceptors (Lipinski definition) is 4. The van der Waals surface area contributed by atoms with Gasteiger partial charge in [-0.05, 0) is 11.5 Å². The summed E-state index contributed by atoms with van der Waals surface area (Å²) in [5.74, 6) is 1.87. The van der Waals surface area contributed by atoms with Gasteiger partial charge in [-0.1, -0.05) is 13.8 Å². The number of H-pyrrole nitrogens is 1. The number of nitrogens with one attached hydrogen (secondary N) is 1. The van der Waals surface area contributed by atoms with Crippen LogP contribution in [0.25, 0.3) is 0 Å². The van der Waals surface area contributed by atoms with Crippen molar-refractivity contribution in [2.75, 3.05) is 11.5 Å². The molecule has 0 aliphatic carbocycles. The maximum atomic E-state index is 11.4. The van der Waals surface area contributed by atoms with Gasteiger partial charge in [0.15, 0.2) is 0 Å². The van der Waals surface area contributed by atoms with Gasteiger partial charge in [0.05, 0.1) is 11.1 Å². The minimum atomic E-state index is -0.0784. The van der Waals surface area contributed by atoms with E-state index in [1.807, 2.05) is 6.92 Å². The molecule has 0 aliphatic rings. The van der Waals surface area contributed by atoms with Crippen molar-refractivity contribution in [3.05, 3.63) is 16.6 Å². The number of hydrogen-bond donors (Lipinski definition) is 1. The Labute approximate surface area is 85.7 Å². The lowest BCUT2D eigenvalue weighted by molar-refractivity contribution is 0.897. The van der Waals surface area contributed by atoms with Crippen LogP contribution in [-0.2, 0) is 0 Å². The van der Waals surface area contributed by atoms with Crippen LogP contribution < -0.4 is 5.56 Å². The Bertz CT molecular complexity index is 324. The molecule has 5 heteroatoms. The quantitative estimate of drug-likeness (QED) is 0.782. The fraction of sp³-hybridized carbons (Fsp3) is 0.500. The highest BCUT2D eigenvalue weighted by Gasteiger charge is 2.06. The van der Waals surface area contributed by atoms with Gasteiger partial charge in [0.1, 0.15) is 0 Å². The van der Waals surface area contributed by atoms with Gasteiger partial charge in [-0.15, -0.1) is 23.5 Å². The minimum Gasteiger partial charge on any atom is -0.267 e. The third-order valence-electron chi connectivity index (χ3n) is 1.37. The van der Waals surface area contributed by atoms with E-state index in [1.165, 1.54) is 0 Å². The first-order chi connectivity index (χ1) is 6.29. The number of aromatic amines is 1. The lowest BCUT2D eigenvalue weighted by Crippen LogP contribution is -2.11. The normalized spacial score (nSPS) is 10.3. The third kappa shape index (κ3) is 2.77. The second kappa shape index (κ2) is 5.34. The summed E-state index contributed by atoms with van der Waals surface area (Å²) in [5.41, 5.74) is -0.0784. The Morgan fingerprint density at radius 1 is 1.38 bits per heavy atom. The van der Waals surface area contributed by atoms with Gasteiger partial charge in [0.25, 0.3) is 5.56 Å². The molecule has 0 amide bonds. The van der Waals surface area contributed by atoms with Crippen LogP contribution in [-0.4, -0.2) is 21.7 Å². The van der Waals surface area contributed by atoms with Gasteiger partial charge < -0.3 is 0 Å². The van der Waals surface area contributed by atoms with Gasteiger partial charge >= 0.3 is 0 Å². The number of aromatic nitrogens is 2. The molecular weight excluding hydrogens is 204 g/mol. The average Bonchev–Trinajstić information content (AvgIpc) is 2.11. The van der Waals surface area contributed by atoms with Crippen molar-refractivity contribution in [2.24, 2.45) is 0 Å². The Balaban J connectivity index is 3.02. The van der Waals surface area contributed by atoms with E-state index < -0.39 is 0 Å². The molecule has 1 N–H and O–H groups in total. The van der Waals surface area contributed by atoms with Crippen LogP contribution in [0.5, 0.6) is 0 Å². The van der Waals surface area contributed by atoms with Crippen LogP contribution in [0, 0.1) is 0 Å². The van der Waals surface area contributed by atoms with Gasteiger partial charge in [0.2, 0.25) is 0 Å². The van der Waals surface area contributed by atoms with E-state index in [0.29, 0.717) is 0 Å². The fourth-order valence-corrected chi connectivity index (χ4v) is 2.59. The predicted octanol–water partition coefficient (Wildman–Crippen LogP) is 1.99. The summed E-state index contributed by atoms with van der Waals surface area (Å²) in [4.78, 5) is 13.1. The molecule has 3 nitrogen and oxygen atoms in total. The monoisotopic (exact) mass is 216 g/mol. The summed E-state index contributed by atoms with van der Waals surface area (Å²) in [6.45, 7) is 4.09. The first kappa shape index (κ1) is 10.7. The molecule has 0 aromatic carbocycles. The van der Waals surface area contributed by atoms with E-state index in [2.05, 4.69) is 17.1 Å². The molecule has 72 valence electrons. The molecule has 0 saturated heterocycles. The molecule has 1 aromatic heterocycles. The highest BCUT2D eigenvalue weighted by molar-refractivity contribution is 8.02. The van der Waals surface area contributed by atoms with Crippen molar-refractivity contribution < 1.29 is 0 Å². The van der Waals surface area contributed by atoms with Crippen molar-refractivity contribution in [3.63, 3.8) is 0 Å². The summed E-state index contributed by atoms with van der Waals surface area (Å²) in [6.07, 6.45) is 1.72. The van der Waals surface area contributed by atoms with Gasteiger partial charge in [-0.2, -0.15) is 5.10 Å². The van der Waals surface area contributed by atoms with Crippen LogP contribution in [0.15, 0.2) is 20.8 Å². The van der Waals surface area contributed by atoms with Gasteiger partial charge in [-0.25, -0.2) is 5.10 Å². The van der Waals surface area contributed by atoms with E-state index >= 15 is 0 Å². The average molecular weight is 216 g/mol. The Morgan fingerprint density at radius 3 is 2.69 bits per heavy atom. The highest BCUT2D eigenvalue weighted by atomic mass is 32.2. The molecule has 0 spiro atoms. The van der Waals surface area contributed by atoms with Gasteiger partial charge in [-0.3, -0.25) is 4.79 Å². The Kier molecular flexibility index (Phi) is 4.38. The number of rotatable bonds is 4. The zero-order chi connectivity index (χ0) is 9.68. The Hall–Kier alpha value is -0.420. The van der Waals surface area contributed by atoms with Crippen molar-refractivity contribution in [1.82, 2.24) is 10.2 Å². The summed E-state index contributed by atoms with van der Waals surface area (Å²) >= 11 is 3.22. The van der Waals surface area contributed by atoms with E-state index in [1.54, 1.807) is 29.7 Å². The van der Waals surface area contributed by atoms with Crippen molar-refractivity contribution in [2.45, 2.75) is 23.6 Å². The first-order valence-corrected chi connectivity index (χ1v) is 6.10. The lowest BCUT2D eigenvalue weighted by Gasteiger charge is -2.03. The molecule has 1 heterocycles. The standard InChI is InChI=1S/C8H12N2OS2/c1-3-12-6-5-9-10-8(11)7(6)13-4-2/h5H,3-4H2,1-2H3,(H,10,11). The molecular formula is C8H12N2OS2. The molecule has 0 fully saturated rings. The van der Waals surface area contributed by atoms with E-state index in [4.69, 9.17) is 0 Å². The molecule has 1 rings (SSSR count). The zero-order valence-electron chi connectivity index (χ0n) is 7.66. The third-order valence-corrected chi connectivity index (χ3v) is 3.39.